The maximum absolute atomic E-state index is 12.3. The molecule has 8 heteroatoms. The fourth-order valence-electron chi connectivity index (χ4n) is 2.40. The number of rotatable bonds is 2. The van der Waals surface area contributed by atoms with Gasteiger partial charge in [-0.2, -0.15) is 0 Å². The molecule has 7 nitrogen and oxygen atoms in total. The number of hydrogen-bond donors (Lipinski definition) is 2. The third kappa shape index (κ3) is 1.86. The number of benzene rings is 1. The standard InChI is InChI=1S/C14H10ClN3O4/c1-22-11-7(15)3-2-4-8(11)18-9(19)5-6-10(12(18)16)14(21)17-13(6)20/h2-5H,16H2,1H3,(H,17,20,21). The Kier molecular flexibility index (Phi) is 3.14. The maximum atomic E-state index is 12.3. The molecule has 0 radical (unpaired) electrons. The summed E-state index contributed by atoms with van der Waals surface area (Å²) in [4.78, 5) is 35.8. The first kappa shape index (κ1) is 14.2. The van der Waals surface area contributed by atoms with E-state index in [4.69, 9.17) is 22.1 Å². The lowest BCUT2D eigenvalue weighted by Gasteiger charge is -2.15. The average molecular weight is 320 g/mol. The number of carbonyl (C=O) groups is 2. The van der Waals surface area contributed by atoms with Crippen LogP contribution in [0.25, 0.3) is 5.69 Å². The zero-order valence-corrected chi connectivity index (χ0v) is 12.1. The number of fused-ring (bicyclic) bond motifs is 1. The van der Waals surface area contributed by atoms with Crippen molar-refractivity contribution in [3.05, 3.63) is 50.8 Å². The average Bonchev–Trinajstić information content (AvgIpc) is 2.74. The van der Waals surface area contributed by atoms with E-state index in [2.05, 4.69) is 5.32 Å². The maximum Gasteiger partial charge on any atom is 0.262 e. The molecule has 0 atom stereocenters. The highest BCUT2D eigenvalue weighted by Gasteiger charge is 2.32. The minimum atomic E-state index is -0.646. The summed E-state index contributed by atoms with van der Waals surface area (Å²) in [5.41, 5.74) is 5.59. The van der Waals surface area contributed by atoms with Gasteiger partial charge in [-0.1, -0.05) is 17.7 Å². The second-order valence-corrected chi connectivity index (χ2v) is 4.97. The van der Waals surface area contributed by atoms with Crippen LogP contribution in [0.1, 0.15) is 20.7 Å². The molecule has 112 valence electrons. The molecular formula is C14H10ClN3O4. The van der Waals surface area contributed by atoms with Gasteiger partial charge < -0.3 is 10.5 Å². The molecule has 2 heterocycles. The van der Waals surface area contributed by atoms with Crippen LogP contribution in [-0.4, -0.2) is 23.5 Å². The van der Waals surface area contributed by atoms with E-state index in [-0.39, 0.29) is 33.4 Å². The smallest absolute Gasteiger partial charge is 0.262 e. The Balaban J connectivity index is 2.38. The Morgan fingerprint density at radius 1 is 1.23 bits per heavy atom. The van der Waals surface area contributed by atoms with Crippen LogP contribution in [0.2, 0.25) is 5.02 Å². The molecule has 1 aromatic heterocycles. The van der Waals surface area contributed by atoms with Gasteiger partial charge in [0.05, 0.1) is 28.9 Å². The second-order valence-electron chi connectivity index (χ2n) is 4.57. The number of pyridine rings is 1. The number of nitrogens with zero attached hydrogens (tertiary/aromatic N) is 1. The van der Waals surface area contributed by atoms with Crippen LogP contribution in [-0.2, 0) is 0 Å². The molecule has 22 heavy (non-hydrogen) atoms. The Bertz CT molecular complexity index is 888. The first-order valence-corrected chi connectivity index (χ1v) is 6.57. The van der Waals surface area contributed by atoms with Gasteiger partial charge >= 0.3 is 0 Å². The lowest BCUT2D eigenvalue weighted by molar-refractivity contribution is 0.0880. The zero-order chi connectivity index (χ0) is 16.0. The van der Waals surface area contributed by atoms with E-state index in [9.17, 15) is 14.4 Å². The van der Waals surface area contributed by atoms with Crippen LogP contribution in [0, 0.1) is 0 Å². The van der Waals surface area contributed by atoms with E-state index >= 15 is 0 Å². The number of carbonyl (C=O) groups excluding carboxylic acids is 2. The van der Waals surface area contributed by atoms with Crippen LogP contribution >= 0.6 is 11.6 Å². The van der Waals surface area contributed by atoms with Crippen molar-refractivity contribution in [2.45, 2.75) is 0 Å². The number of halogens is 1. The number of nitrogen functional groups attached to an aromatic ring is 1. The Morgan fingerprint density at radius 3 is 2.64 bits per heavy atom. The van der Waals surface area contributed by atoms with Crippen molar-refractivity contribution in [3.63, 3.8) is 0 Å². The van der Waals surface area contributed by atoms with Crippen LogP contribution in [0.3, 0.4) is 0 Å². The Labute approximate surface area is 129 Å². The summed E-state index contributed by atoms with van der Waals surface area (Å²) in [6.07, 6.45) is 0. The first-order chi connectivity index (χ1) is 10.5. The molecule has 0 fully saturated rings. The number of nitrogens with one attached hydrogen (secondary N) is 1. The third-order valence-corrected chi connectivity index (χ3v) is 3.64. The number of amides is 2. The molecule has 0 saturated heterocycles. The highest BCUT2D eigenvalue weighted by Crippen LogP contribution is 2.33. The number of anilines is 1. The molecule has 0 aliphatic carbocycles. The third-order valence-electron chi connectivity index (χ3n) is 3.34. The summed E-state index contributed by atoms with van der Waals surface area (Å²) in [7, 11) is 1.40. The van der Waals surface area contributed by atoms with E-state index in [0.29, 0.717) is 0 Å². The van der Waals surface area contributed by atoms with Crippen molar-refractivity contribution in [3.8, 4) is 11.4 Å². The van der Waals surface area contributed by atoms with E-state index in [0.717, 1.165) is 10.6 Å². The predicted molar refractivity (Wildman–Crippen MR) is 79.8 cm³/mol. The summed E-state index contributed by atoms with van der Waals surface area (Å²) in [5.74, 6) is -1.20. The van der Waals surface area contributed by atoms with Crippen molar-refractivity contribution < 1.29 is 14.3 Å². The molecule has 2 aromatic rings. The molecule has 2 amide bonds. The van der Waals surface area contributed by atoms with Crippen molar-refractivity contribution >= 4 is 29.2 Å². The van der Waals surface area contributed by atoms with Crippen LogP contribution < -0.4 is 21.3 Å². The van der Waals surface area contributed by atoms with Gasteiger partial charge in [-0.15, -0.1) is 0 Å². The summed E-state index contributed by atoms with van der Waals surface area (Å²) in [5, 5.41) is 2.39. The molecule has 3 rings (SSSR count). The minimum Gasteiger partial charge on any atom is -0.493 e. The number of aromatic nitrogens is 1. The summed E-state index contributed by atoms with van der Waals surface area (Å²) in [6.45, 7) is 0. The lowest BCUT2D eigenvalue weighted by atomic mass is 10.1. The van der Waals surface area contributed by atoms with E-state index in [1.165, 1.54) is 7.11 Å². The highest BCUT2D eigenvalue weighted by atomic mass is 35.5. The molecule has 3 N–H and O–H groups in total. The van der Waals surface area contributed by atoms with Crippen LogP contribution in [0.5, 0.6) is 5.75 Å². The SMILES string of the molecule is COc1c(Cl)cccc1-n1c(N)c2c(cc1=O)C(=O)NC2=O. The number of ether oxygens (including phenoxy) is 1. The second kappa shape index (κ2) is 4.88. The summed E-state index contributed by atoms with van der Waals surface area (Å²) in [6, 6.07) is 5.84. The van der Waals surface area contributed by atoms with Crippen molar-refractivity contribution in [2.24, 2.45) is 0 Å². The summed E-state index contributed by atoms with van der Waals surface area (Å²) < 4.78 is 6.28. The van der Waals surface area contributed by atoms with Crippen LogP contribution in [0.4, 0.5) is 5.82 Å². The number of imide groups is 1. The highest BCUT2D eigenvalue weighted by molar-refractivity contribution is 6.32. The van der Waals surface area contributed by atoms with Gasteiger partial charge in [0.1, 0.15) is 5.82 Å². The van der Waals surface area contributed by atoms with Gasteiger partial charge in [-0.3, -0.25) is 24.3 Å². The van der Waals surface area contributed by atoms with Crippen molar-refractivity contribution in [1.29, 1.82) is 0 Å². The topological polar surface area (TPSA) is 103 Å². The van der Waals surface area contributed by atoms with Crippen molar-refractivity contribution in [2.75, 3.05) is 12.8 Å². The molecular weight excluding hydrogens is 310 g/mol. The molecule has 0 unspecified atom stereocenters. The van der Waals surface area contributed by atoms with Gasteiger partial charge in [0.25, 0.3) is 17.4 Å². The van der Waals surface area contributed by atoms with Gasteiger partial charge in [-0.05, 0) is 12.1 Å². The quantitative estimate of drug-likeness (QED) is 0.803. The van der Waals surface area contributed by atoms with Gasteiger partial charge in [-0.25, -0.2) is 0 Å². The van der Waals surface area contributed by atoms with E-state index in [1.54, 1.807) is 18.2 Å². The normalized spacial score (nSPS) is 13.0. The fraction of sp³-hybridized carbons (Fsp3) is 0.0714. The fourth-order valence-corrected chi connectivity index (χ4v) is 2.65. The van der Waals surface area contributed by atoms with Gasteiger partial charge in [0, 0.05) is 6.07 Å². The zero-order valence-electron chi connectivity index (χ0n) is 11.3. The first-order valence-electron chi connectivity index (χ1n) is 6.19. The molecule has 0 bridgehead atoms. The minimum absolute atomic E-state index is 0.0355. The predicted octanol–water partition coefficient (Wildman–Crippen LogP) is 0.965. The van der Waals surface area contributed by atoms with Gasteiger partial charge in [0.2, 0.25) is 0 Å². The molecule has 1 aromatic carbocycles. The Morgan fingerprint density at radius 2 is 1.95 bits per heavy atom. The van der Waals surface area contributed by atoms with E-state index in [1.807, 2.05) is 0 Å². The Hall–Kier alpha value is -2.80. The van der Waals surface area contributed by atoms with Crippen LogP contribution in [0.15, 0.2) is 29.1 Å². The number of hydrogen-bond acceptors (Lipinski definition) is 5. The molecule has 0 spiro atoms. The van der Waals surface area contributed by atoms with Gasteiger partial charge in [0.15, 0.2) is 5.75 Å². The molecule has 1 aliphatic heterocycles. The lowest BCUT2D eigenvalue weighted by Crippen LogP contribution is -2.24. The summed E-state index contributed by atoms with van der Waals surface area (Å²) >= 11 is 6.04. The number of methoxy groups -OCH3 is 1. The molecule has 0 saturated carbocycles. The molecule has 1 aliphatic rings. The number of nitrogens with two attached hydrogens (primary N) is 1. The largest absolute Gasteiger partial charge is 0.493 e. The monoisotopic (exact) mass is 319 g/mol. The van der Waals surface area contributed by atoms with E-state index < -0.39 is 17.4 Å². The van der Waals surface area contributed by atoms with Crippen molar-refractivity contribution in [1.82, 2.24) is 9.88 Å². The number of para-hydroxylation sites is 1.